The van der Waals surface area contributed by atoms with Crippen LogP contribution in [0.25, 0.3) is 0 Å². The van der Waals surface area contributed by atoms with Gasteiger partial charge in [-0.15, -0.1) is 0 Å². The number of aliphatic hydroxyl groups excluding tert-OH is 1. The van der Waals surface area contributed by atoms with E-state index in [0.717, 1.165) is 6.42 Å². The number of rotatable bonds is 6. The molecule has 0 aliphatic rings. The van der Waals surface area contributed by atoms with Crippen LogP contribution in [0.1, 0.15) is 40.5 Å². The Hall–Kier alpha value is -1.10. The maximum absolute atomic E-state index is 11.5. The maximum atomic E-state index is 11.5. The molecule has 0 heterocycles. The van der Waals surface area contributed by atoms with E-state index in [-0.39, 0.29) is 23.7 Å². The second-order valence-electron chi connectivity index (χ2n) is 5.71. The Morgan fingerprint density at radius 1 is 1.29 bits per heavy atom. The molecule has 0 radical (unpaired) electrons. The van der Waals surface area contributed by atoms with Crippen LogP contribution < -0.4 is 5.32 Å². The summed E-state index contributed by atoms with van der Waals surface area (Å²) >= 11 is 0. The van der Waals surface area contributed by atoms with Crippen molar-refractivity contribution in [3.63, 3.8) is 0 Å². The fourth-order valence-corrected chi connectivity index (χ4v) is 1.87. The number of hydrogen-bond acceptors (Lipinski definition) is 3. The van der Waals surface area contributed by atoms with E-state index in [0.29, 0.717) is 0 Å². The molecule has 1 amide bonds. The first kappa shape index (κ1) is 15.9. The van der Waals surface area contributed by atoms with E-state index in [1.165, 1.54) is 0 Å². The van der Waals surface area contributed by atoms with E-state index in [9.17, 15) is 9.59 Å². The van der Waals surface area contributed by atoms with Crippen LogP contribution in [0.5, 0.6) is 0 Å². The fraction of sp³-hybridized carbons (Fsp3) is 0.833. The summed E-state index contributed by atoms with van der Waals surface area (Å²) in [5, 5.41) is 19.7. The molecule has 2 unspecified atom stereocenters. The van der Waals surface area contributed by atoms with Gasteiger partial charge in [0.05, 0.1) is 6.61 Å². The number of aliphatic carboxylic acids is 1. The zero-order valence-electron chi connectivity index (χ0n) is 11.0. The fourth-order valence-electron chi connectivity index (χ4n) is 1.87. The Morgan fingerprint density at radius 2 is 1.82 bits per heavy atom. The first-order valence-electron chi connectivity index (χ1n) is 5.78. The molecule has 0 aliphatic heterocycles. The Morgan fingerprint density at radius 3 is 2.18 bits per heavy atom. The van der Waals surface area contributed by atoms with E-state index in [2.05, 4.69) is 26.1 Å². The van der Waals surface area contributed by atoms with Gasteiger partial charge < -0.3 is 15.5 Å². The second kappa shape index (κ2) is 6.59. The largest absolute Gasteiger partial charge is 0.480 e. The number of aliphatic hydroxyl groups is 1. The lowest BCUT2D eigenvalue weighted by Crippen LogP contribution is -2.43. The van der Waals surface area contributed by atoms with Crippen molar-refractivity contribution in [2.24, 2.45) is 11.3 Å². The van der Waals surface area contributed by atoms with E-state index >= 15 is 0 Å². The summed E-state index contributed by atoms with van der Waals surface area (Å²) in [4.78, 5) is 22.1. The van der Waals surface area contributed by atoms with E-state index in [4.69, 9.17) is 10.2 Å². The molecule has 0 rings (SSSR count). The number of carboxylic acids is 1. The molecule has 0 fully saturated rings. The molecule has 2 atom stereocenters. The molecule has 0 aromatic heterocycles. The third kappa shape index (κ3) is 7.74. The summed E-state index contributed by atoms with van der Waals surface area (Å²) in [5.41, 5.74) is 0.142. The van der Waals surface area contributed by atoms with Crippen molar-refractivity contribution in [2.75, 3.05) is 6.61 Å². The van der Waals surface area contributed by atoms with Gasteiger partial charge in [-0.2, -0.15) is 0 Å². The summed E-state index contributed by atoms with van der Waals surface area (Å²) in [6.45, 7) is 7.65. The van der Waals surface area contributed by atoms with Gasteiger partial charge in [0.1, 0.15) is 6.04 Å². The minimum absolute atomic E-state index is 0.142. The SMILES string of the molecule is CC(CC(=O)NC(CO)C(=O)O)CC(C)(C)C. The van der Waals surface area contributed by atoms with Gasteiger partial charge in [0.2, 0.25) is 5.91 Å². The number of carbonyl (C=O) groups excluding carboxylic acids is 1. The molecule has 0 spiro atoms. The lowest BCUT2D eigenvalue weighted by molar-refractivity contribution is -0.143. The number of hydrogen-bond donors (Lipinski definition) is 3. The molecule has 3 N–H and O–H groups in total. The number of carboxylic acid groups (broad SMARTS) is 1. The molecule has 0 aromatic rings. The number of nitrogens with one attached hydrogen (secondary N) is 1. The van der Waals surface area contributed by atoms with Crippen molar-refractivity contribution in [3.8, 4) is 0 Å². The lowest BCUT2D eigenvalue weighted by Gasteiger charge is -2.23. The average molecular weight is 245 g/mol. The Balaban J connectivity index is 4.13. The molecule has 0 saturated heterocycles. The van der Waals surface area contributed by atoms with E-state index in [1.807, 2.05) is 6.92 Å². The Bertz CT molecular complexity index is 270. The van der Waals surface area contributed by atoms with Crippen molar-refractivity contribution in [3.05, 3.63) is 0 Å². The Kier molecular flexibility index (Phi) is 6.16. The van der Waals surface area contributed by atoms with Crippen LogP contribution in [0.15, 0.2) is 0 Å². The van der Waals surface area contributed by atoms with Crippen molar-refractivity contribution >= 4 is 11.9 Å². The van der Waals surface area contributed by atoms with Gasteiger partial charge in [-0.05, 0) is 17.8 Å². The predicted octanol–water partition coefficient (Wildman–Crippen LogP) is 1.01. The summed E-state index contributed by atoms with van der Waals surface area (Å²) in [5.74, 6) is -1.37. The quantitative estimate of drug-likeness (QED) is 0.652. The lowest BCUT2D eigenvalue weighted by atomic mass is 9.84. The first-order chi connectivity index (χ1) is 7.65. The van der Waals surface area contributed by atoms with Gasteiger partial charge in [0, 0.05) is 6.42 Å². The summed E-state index contributed by atoms with van der Waals surface area (Å²) in [6.07, 6.45) is 1.17. The van der Waals surface area contributed by atoms with Crippen LogP contribution in [0.2, 0.25) is 0 Å². The minimum Gasteiger partial charge on any atom is -0.480 e. The van der Waals surface area contributed by atoms with Crippen LogP contribution in [0, 0.1) is 11.3 Å². The molecular formula is C12H23NO4. The molecule has 5 nitrogen and oxygen atoms in total. The number of amides is 1. The standard InChI is InChI=1S/C12H23NO4/c1-8(6-12(2,3)4)5-10(15)13-9(7-14)11(16)17/h8-9,14H,5-7H2,1-4H3,(H,13,15)(H,16,17). The smallest absolute Gasteiger partial charge is 0.328 e. The molecule has 0 aromatic carbocycles. The van der Waals surface area contributed by atoms with Crippen molar-refractivity contribution in [1.29, 1.82) is 0 Å². The van der Waals surface area contributed by atoms with Gasteiger partial charge in [-0.25, -0.2) is 4.79 Å². The van der Waals surface area contributed by atoms with Gasteiger partial charge in [0.15, 0.2) is 0 Å². The Labute approximate surface area is 102 Å². The monoisotopic (exact) mass is 245 g/mol. The molecular weight excluding hydrogens is 222 g/mol. The van der Waals surface area contributed by atoms with Crippen LogP contribution in [-0.2, 0) is 9.59 Å². The number of carbonyl (C=O) groups is 2. The highest BCUT2D eigenvalue weighted by Crippen LogP contribution is 2.25. The zero-order chi connectivity index (χ0) is 13.6. The van der Waals surface area contributed by atoms with E-state index in [1.54, 1.807) is 0 Å². The predicted molar refractivity (Wildman–Crippen MR) is 64.5 cm³/mol. The third-order valence-electron chi connectivity index (χ3n) is 2.31. The summed E-state index contributed by atoms with van der Waals surface area (Å²) in [6, 6.07) is -1.20. The van der Waals surface area contributed by atoms with Gasteiger partial charge in [-0.1, -0.05) is 27.7 Å². The highest BCUT2D eigenvalue weighted by molar-refractivity contribution is 5.83. The second-order valence-corrected chi connectivity index (χ2v) is 5.71. The summed E-state index contributed by atoms with van der Waals surface area (Å²) < 4.78 is 0. The minimum atomic E-state index is -1.22. The average Bonchev–Trinajstić information content (AvgIpc) is 2.09. The molecule has 0 bridgehead atoms. The third-order valence-corrected chi connectivity index (χ3v) is 2.31. The topological polar surface area (TPSA) is 86.6 Å². The first-order valence-corrected chi connectivity index (χ1v) is 5.78. The molecule has 100 valence electrons. The van der Waals surface area contributed by atoms with Crippen molar-refractivity contribution < 1.29 is 19.8 Å². The van der Waals surface area contributed by atoms with Gasteiger partial charge in [-0.3, -0.25) is 4.79 Å². The van der Waals surface area contributed by atoms with Crippen LogP contribution >= 0.6 is 0 Å². The molecule has 17 heavy (non-hydrogen) atoms. The van der Waals surface area contributed by atoms with Crippen LogP contribution in [0.3, 0.4) is 0 Å². The highest BCUT2D eigenvalue weighted by Gasteiger charge is 2.21. The maximum Gasteiger partial charge on any atom is 0.328 e. The van der Waals surface area contributed by atoms with Crippen LogP contribution in [-0.4, -0.2) is 34.7 Å². The van der Waals surface area contributed by atoms with Crippen LogP contribution in [0.4, 0.5) is 0 Å². The van der Waals surface area contributed by atoms with Crippen molar-refractivity contribution in [1.82, 2.24) is 5.32 Å². The molecule has 5 heteroatoms. The normalized spacial score (nSPS) is 15.1. The van der Waals surface area contributed by atoms with Gasteiger partial charge >= 0.3 is 5.97 Å². The van der Waals surface area contributed by atoms with E-state index < -0.39 is 18.6 Å². The highest BCUT2D eigenvalue weighted by atomic mass is 16.4. The van der Waals surface area contributed by atoms with Crippen molar-refractivity contribution in [2.45, 2.75) is 46.6 Å². The summed E-state index contributed by atoms with van der Waals surface area (Å²) in [7, 11) is 0. The molecule has 0 saturated carbocycles. The molecule has 0 aliphatic carbocycles. The zero-order valence-corrected chi connectivity index (χ0v) is 11.0. The van der Waals surface area contributed by atoms with Gasteiger partial charge in [0.25, 0.3) is 0 Å².